The van der Waals surface area contributed by atoms with Gasteiger partial charge in [-0.25, -0.2) is 0 Å². The normalized spacial score (nSPS) is 13.4. The van der Waals surface area contributed by atoms with Crippen LogP contribution in [0.1, 0.15) is 80.4 Å². The molecule has 0 bridgehead atoms. The lowest BCUT2D eigenvalue weighted by Crippen LogP contribution is -2.41. The van der Waals surface area contributed by atoms with Crippen molar-refractivity contribution in [3.8, 4) is 0 Å². The Morgan fingerprint density at radius 3 is 1.06 bits per heavy atom. The summed E-state index contributed by atoms with van der Waals surface area (Å²) in [6.45, 7) is 34.5. The van der Waals surface area contributed by atoms with Crippen LogP contribution in [0.5, 0.6) is 0 Å². The third-order valence-corrected chi connectivity index (χ3v) is 23.2. The summed E-state index contributed by atoms with van der Waals surface area (Å²) in [5.74, 6) is 0. The molecular weight excluding hydrogens is 465 g/mol. The molecule has 0 aliphatic heterocycles. The van der Waals surface area contributed by atoms with Crippen LogP contribution in [0.2, 0.25) is 0 Å². The van der Waals surface area contributed by atoms with Crippen molar-refractivity contribution >= 4 is 43.7 Å². The highest BCUT2D eigenvalue weighted by atomic mass is 31.2. The lowest BCUT2D eigenvalue weighted by atomic mass is 10.2. The van der Waals surface area contributed by atoms with Gasteiger partial charge in [-0.1, -0.05) is 26.0 Å². The van der Waals surface area contributed by atoms with Gasteiger partial charge in [0, 0.05) is 25.1 Å². The summed E-state index contributed by atoms with van der Waals surface area (Å²) in [5, 5.41) is 6.74. The van der Waals surface area contributed by atoms with E-state index in [-0.39, 0.29) is 0 Å². The molecule has 0 saturated heterocycles. The van der Waals surface area contributed by atoms with E-state index in [1.165, 1.54) is 11.1 Å². The molecule has 0 amide bonds. The zero-order chi connectivity index (χ0) is 26.2. The van der Waals surface area contributed by atoms with Gasteiger partial charge in [-0.3, -0.25) is 0 Å². The zero-order valence-electron chi connectivity index (χ0n) is 24.7. The van der Waals surface area contributed by atoms with Gasteiger partial charge in [0.2, 0.25) is 0 Å². The first-order valence-corrected chi connectivity index (χ1v) is 19.5. The molecule has 0 N–H and O–H groups in total. The average Bonchev–Trinajstić information content (AvgIpc) is 2.73. The molecule has 0 saturated carbocycles. The summed E-state index contributed by atoms with van der Waals surface area (Å²) < 4.78 is 0. The molecule has 0 aliphatic rings. The van der Waals surface area contributed by atoms with Crippen LogP contribution >= 0.6 is 22.4 Å². The highest BCUT2D eigenvalue weighted by Gasteiger charge is 2.47. The third kappa shape index (κ3) is 5.51. The third-order valence-electron chi connectivity index (χ3n) is 8.63. The molecule has 3 heteroatoms. The first-order chi connectivity index (χ1) is 15.6. The Hall–Kier alpha value is -0.270. The standard InChI is InChI=1S/C31H53P3/c1-21(2)32(28-17-15-26(11)19-30(28)33(13,22(3)4)23(5)6)29-18-16-27(12)20-31(29)34(14,24(7)8)25(9)10/h15-25H,1-14H3/q+2. The topological polar surface area (TPSA) is 0 Å². The van der Waals surface area contributed by atoms with Gasteiger partial charge in [0.1, 0.15) is 10.6 Å². The van der Waals surface area contributed by atoms with Crippen LogP contribution < -0.4 is 21.2 Å². The fourth-order valence-corrected chi connectivity index (χ4v) is 16.6. The van der Waals surface area contributed by atoms with Gasteiger partial charge < -0.3 is 0 Å². The molecule has 0 aromatic heterocycles. The second kappa shape index (κ2) is 11.4. The molecule has 0 fully saturated rings. The molecule has 0 spiro atoms. The van der Waals surface area contributed by atoms with E-state index in [9.17, 15) is 0 Å². The van der Waals surface area contributed by atoms with Crippen LogP contribution in [-0.4, -0.2) is 41.6 Å². The lowest BCUT2D eigenvalue weighted by Gasteiger charge is -2.37. The van der Waals surface area contributed by atoms with Crippen molar-refractivity contribution in [3.05, 3.63) is 47.5 Å². The number of benzene rings is 2. The molecule has 0 aliphatic carbocycles. The van der Waals surface area contributed by atoms with Crippen molar-refractivity contribution in [2.75, 3.05) is 13.3 Å². The van der Waals surface area contributed by atoms with Gasteiger partial charge in [0.25, 0.3) is 0 Å². The van der Waals surface area contributed by atoms with Gasteiger partial charge in [-0.2, -0.15) is 0 Å². The molecule has 0 unspecified atom stereocenters. The van der Waals surface area contributed by atoms with Crippen molar-refractivity contribution in [1.29, 1.82) is 0 Å². The van der Waals surface area contributed by atoms with Crippen LogP contribution in [0.15, 0.2) is 36.4 Å². The van der Waals surface area contributed by atoms with Crippen molar-refractivity contribution < 1.29 is 0 Å². The van der Waals surface area contributed by atoms with Crippen LogP contribution in [0, 0.1) is 13.8 Å². The molecule has 190 valence electrons. The van der Waals surface area contributed by atoms with Gasteiger partial charge in [-0.05, 0) is 118 Å². The maximum absolute atomic E-state index is 2.63. The smallest absolute Gasteiger partial charge is 0.0584 e. The minimum absolute atomic E-state index is 0.448. The fraction of sp³-hybridized carbons (Fsp3) is 0.613. The summed E-state index contributed by atoms with van der Waals surface area (Å²) >= 11 is 0. The quantitative estimate of drug-likeness (QED) is 0.293. The molecule has 0 heterocycles. The minimum Gasteiger partial charge on any atom is -0.0584 e. The summed E-state index contributed by atoms with van der Waals surface area (Å²) in [6.07, 6.45) is 0. The van der Waals surface area contributed by atoms with Crippen LogP contribution in [0.3, 0.4) is 0 Å². The summed E-state index contributed by atoms with van der Waals surface area (Å²) in [6, 6.07) is 15.0. The van der Waals surface area contributed by atoms with Crippen LogP contribution in [0.4, 0.5) is 0 Å². The van der Waals surface area contributed by atoms with Crippen molar-refractivity contribution in [3.63, 3.8) is 0 Å². The van der Waals surface area contributed by atoms with Crippen LogP contribution in [0.25, 0.3) is 0 Å². The highest BCUT2D eigenvalue weighted by Crippen LogP contribution is 2.65. The Morgan fingerprint density at radius 2 is 0.824 bits per heavy atom. The van der Waals surface area contributed by atoms with Crippen molar-refractivity contribution in [2.24, 2.45) is 0 Å². The molecule has 0 nitrogen and oxygen atoms in total. The summed E-state index contributed by atoms with van der Waals surface area (Å²) in [5.41, 5.74) is 6.21. The van der Waals surface area contributed by atoms with E-state index in [4.69, 9.17) is 0 Å². The zero-order valence-corrected chi connectivity index (χ0v) is 27.4. The predicted octanol–water partition coefficient (Wildman–Crippen LogP) is 8.32. The average molecular weight is 519 g/mol. The maximum atomic E-state index is 2.63. The Labute approximate surface area is 215 Å². The van der Waals surface area contributed by atoms with E-state index >= 15 is 0 Å². The minimum atomic E-state index is -1.32. The largest absolute Gasteiger partial charge is 0.102 e. The Morgan fingerprint density at radius 1 is 0.529 bits per heavy atom. The molecule has 2 aromatic carbocycles. The molecule has 34 heavy (non-hydrogen) atoms. The van der Waals surface area contributed by atoms with E-state index in [1.54, 1.807) is 21.2 Å². The molecule has 2 rings (SSSR count). The van der Waals surface area contributed by atoms with Crippen molar-refractivity contribution in [2.45, 2.75) is 111 Å². The first-order valence-electron chi connectivity index (χ1n) is 13.3. The van der Waals surface area contributed by atoms with Crippen molar-refractivity contribution in [1.82, 2.24) is 0 Å². The lowest BCUT2D eigenvalue weighted by molar-refractivity contribution is 0.998. The monoisotopic (exact) mass is 518 g/mol. The summed E-state index contributed by atoms with van der Waals surface area (Å²) in [7, 11) is -3.09. The van der Waals surface area contributed by atoms with Gasteiger partial charge in [0.15, 0.2) is 0 Å². The highest BCUT2D eigenvalue weighted by molar-refractivity contribution is 7.88. The van der Waals surface area contributed by atoms with E-state index in [1.807, 2.05) is 0 Å². The summed E-state index contributed by atoms with van der Waals surface area (Å²) in [4.78, 5) is 0. The number of aryl methyl sites for hydroxylation is 2. The van der Waals surface area contributed by atoms with Gasteiger partial charge in [0.05, 0.1) is 36.0 Å². The van der Waals surface area contributed by atoms with E-state index < -0.39 is 22.4 Å². The van der Waals surface area contributed by atoms with E-state index in [0.29, 0.717) is 28.3 Å². The fourth-order valence-electron chi connectivity index (χ4n) is 5.44. The van der Waals surface area contributed by atoms with E-state index in [2.05, 4.69) is 133 Å². The van der Waals surface area contributed by atoms with Gasteiger partial charge in [-0.15, -0.1) is 0 Å². The Kier molecular flexibility index (Phi) is 10.1. The number of rotatable bonds is 9. The number of hydrogen-bond acceptors (Lipinski definition) is 0. The molecule has 0 radical (unpaired) electrons. The second-order valence-corrected chi connectivity index (χ2v) is 24.5. The second-order valence-electron chi connectivity index (χ2n) is 12.1. The maximum Gasteiger partial charge on any atom is 0.102 e. The Bertz CT molecular complexity index is 877. The predicted molar refractivity (Wildman–Crippen MR) is 169 cm³/mol. The van der Waals surface area contributed by atoms with Crippen LogP contribution in [-0.2, 0) is 0 Å². The first kappa shape index (κ1) is 30.0. The van der Waals surface area contributed by atoms with Gasteiger partial charge >= 0.3 is 0 Å². The molecule has 0 atom stereocenters. The molecule has 2 aromatic rings. The number of hydrogen-bond donors (Lipinski definition) is 0. The Balaban J connectivity index is 2.97. The molecular formula is C31H53P3+2. The van der Waals surface area contributed by atoms with E-state index in [0.717, 1.165) is 0 Å². The SMILES string of the molecule is Cc1ccc(P(c2ccc(C)cc2[P+](C)(C(C)C)C(C)C)C(C)C)c([P+](C)(C(C)C)C(C)C)c1.